The van der Waals surface area contributed by atoms with Crippen molar-refractivity contribution in [3.63, 3.8) is 0 Å². The van der Waals surface area contributed by atoms with Crippen LogP contribution in [0.1, 0.15) is 5.56 Å². The maximum Gasteiger partial charge on any atom is 0.0334 e. The highest BCUT2D eigenvalue weighted by Gasteiger charge is 2.20. The molecule has 0 heterocycles. The summed E-state index contributed by atoms with van der Waals surface area (Å²) in [6.45, 7) is 1.92. The third-order valence-electron chi connectivity index (χ3n) is 6.00. The van der Waals surface area contributed by atoms with E-state index >= 15 is 0 Å². The summed E-state index contributed by atoms with van der Waals surface area (Å²) in [5.74, 6) is 0. The second-order valence-electron chi connectivity index (χ2n) is 8.37. The molecule has 2 nitrogen and oxygen atoms in total. The molecule has 0 amide bonds. The predicted octanol–water partition coefficient (Wildman–Crippen LogP) is 6.33. The molecule has 5 aromatic rings. The average Bonchev–Trinajstić information content (AvgIpc) is 2.91. The van der Waals surface area contributed by atoms with Gasteiger partial charge in [-0.25, -0.2) is 0 Å². The third-order valence-corrected chi connectivity index (χ3v) is 9.35. The normalized spacial score (nSPS) is 12.0. The Kier molecular flexibility index (Phi) is 7.01. The lowest BCUT2D eigenvalue weighted by Crippen LogP contribution is -2.24. The topological polar surface area (TPSA) is 40.1 Å². The molecule has 0 N–H and O–H groups in total. The quantitative estimate of drug-likeness (QED) is 0.206. The van der Waals surface area contributed by atoms with Crippen LogP contribution in [0.2, 0.25) is 0 Å². The summed E-state index contributed by atoms with van der Waals surface area (Å²) in [6, 6.07) is 43.3. The molecular weight excluding hydrogens is 467 g/mol. The van der Waals surface area contributed by atoms with Crippen LogP contribution in [0.5, 0.6) is 0 Å². The van der Waals surface area contributed by atoms with Crippen molar-refractivity contribution in [2.75, 3.05) is 0 Å². The summed E-state index contributed by atoms with van der Waals surface area (Å²) >= 11 is -2.32. The smallest absolute Gasteiger partial charge is 0.0334 e. The van der Waals surface area contributed by atoms with Crippen molar-refractivity contribution in [1.82, 2.24) is 0 Å². The van der Waals surface area contributed by atoms with Crippen LogP contribution < -0.4 is 15.9 Å². The van der Waals surface area contributed by atoms with Crippen molar-refractivity contribution in [1.29, 1.82) is 0 Å². The van der Waals surface area contributed by atoms with Crippen LogP contribution in [0.25, 0.3) is 22.3 Å². The zero-order chi connectivity index (χ0) is 24.2. The average molecular weight is 492 g/mol. The van der Waals surface area contributed by atoms with Gasteiger partial charge in [-0.05, 0) is 75.7 Å². The van der Waals surface area contributed by atoms with Crippen molar-refractivity contribution in [3.8, 4) is 22.3 Å². The SMILES string of the molecule is Cc1ccc(P(c2ccc(-c3ccccc3)cc2)c2ccc(-c3ccccc3)cc2)c(S(=O)[O-])c1. The first kappa shape index (κ1) is 23.4. The number of benzene rings is 5. The van der Waals surface area contributed by atoms with E-state index in [0.29, 0.717) is 4.90 Å². The summed E-state index contributed by atoms with van der Waals surface area (Å²) in [7, 11) is -1.07. The van der Waals surface area contributed by atoms with E-state index in [4.69, 9.17) is 0 Å². The molecule has 1 atom stereocenters. The molecule has 5 rings (SSSR count). The molecule has 172 valence electrons. The molecule has 0 saturated carbocycles. The predicted molar refractivity (Wildman–Crippen MR) is 148 cm³/mol. The Labute approximate surface area is 210 Å². The van der Waals surface area contributed by atoms with E-state index in [1.54, 1.807) is 6.07 Å². The minimum atomic E-state index is -2.32. The van der Waals surface area contributed by atoms with E-state index in [1.165, 1.54) is 0 Å². The maximum atomic E-state index is 12.2. The molecule has 1 unspecified atom stereocenters. The molecule has 5 aromatic carbocycles. The van der Waals surface area contributed by atoms with Gasteiger partial charge in [0, 0.05) is 4.90 Å². The first-order valence-corrected chi connectivity index (χ1v) is 13.8. The van der Waals surface area contributed by atoms with E-state index in [2.05, 4.69) is 72.8 Å². The zero-order valence-corrected chi connectivity index (χ0v) is 21.0. The van der Waals surface area contributed by atoms with Crippen LogP contribution >= 0.6 is 7.92 Å². The Morgan fingerprint density at radius 2 is 1.00 bits per heavy atom. The first-order chi connectivity index (χ1) is 17.1. The van der Waals surface area contributed by atoms with E-state index in [9.17, 15) is 8.76 Å². The third kappa shape index (κ3) is 5.18. The molecule has 0 aliphatic rings. The molecule has 0 spiro atoms. The fraction of sp³-hybridized carbons (Fsp3) is 0.0323. The van der Waals surface area contributed by atoms with Gasteiger partial charge in [-0.2, -0.15) is 0 Å². The Balaban J connectivity index is 1.61. The summed E-state index contributed by atoms with van der Waals surface area (Å²) < 4.78 is 24.5. The second-order valence-corrected chi connectivity index (χ2v) is 11.5. The Morgan fingerprint density at radius 1 is 0.571 bits per heavy atom. The van der Waals surface area contributed by atoms with Crippen LogP contribution in [0.3, 0.4) is 0 Å². The molecule has 0 saturated heterocycles. The summed E-state index contributed by atoms with van der Waals surface area (Å²) in [5.41, 5.74) is 5.53. The Bertz CT molecular complexity index is 1370. The van der Waals surface area contributed by atoms with Crippen molar-refractivity contribution in [2.45, 2.75) is 11.8 Å². The van der Waals surface area contributed by atoms with Gasteiger partial charge < -0.3 is 4.55 Å². The summed E-state index contributed by atoms with van der Waals surface area (Å²) in [4.78, 5) is 0.371. The van der Waals surface area contributed by atoms with Gasteiger partial charge in [0.15, 0.2) is 0 Å². The van der Waals surface area contributed by atoms with Crippen molar-refractivity contribution >= 4 is 34.9 Å². The molecular formula is C31H24O2PS-. The minimum absolute atomic E-state index is 0.371. The highest BCUT2D eigenvalue weighted by molar-refractivity contribution is 7.83. The maximum absolute atomic E-state index is 12.2. The Morgan fingerprint density at radius 3 is 1.43 bits per heavy atom. The molecule has 0 aliphatic heterocycles. The second kappa shape index (κ2) is 10.5. The number of rotatable bonds is 6. The van der Waals surface area contributed by atoms with Gasteiger partial charge in [-0.3, -0.25) is 4.21 Å². The monoisotopic (exact) mass is 491 g/mol. The van der Waals surface area contributed by atoms with Crippen LogP contribution in [0.4, 0.5) is 0 Å². The van der Waals surface area contributed by atoms with Crippen molar-refractivity contribution < 1.29 is 8.76 Å². The van der Waals surface area contributed by atoms with Gasteiger partial charge in [0.05, 0.1) is 0 Å². The molecule has 0 fully saturated rings. The molecule has 35 heavy (non-hydrogen) atoms. The Hall–Kier alpha value is -3.36. The van der Waals surface area contributed by atoms with Gasteiger partial charge in [0.25, 0.3) is 0 Å². The van der Waals surface area contributed by atoms with Gasteiger partial charge >= 0.3 is 0 Å². The standard InChI is InChI=1S/C31H25O2PS/c1-23-12-21-30(31(22-23)35(32)33)34(28-17-13-26(14-18-28)24-8-4-2-5-9-24)29-19-15-27(16-20-29)25-10-6-3-7-11-25/h2-22H,1H3,(H,32,33)/p-1. The summed E-state index contributed by atoms with van der Waals surface area (Å²) in [5, 5.41) is 3.07. The van der Waals surface area contributed by atoms with Crippen LogP contribution in [-0.4, -0.2) is 8.76 Å². The highest BCUT2D eigenvalue weighted by atomic mass is 32.2. The van der Waals surface area contributed by atoms with Crippen molar-refractivity contribution in [2.24, 2.45) is 0 Å². The van der Waals surface area contributed by atoms with Crippen LogP contribution in [-0.2, 0) is 11.1 Å². The molecule has 4 heteroatoms. The van der Waals surface area contributed by atoms with Gasteiger partial charge in [-0.1, -0.05) is 121 Å². The number of aryl methyl sites for hydroxylation is 1. The summed E-state index contributed by atoms with van der Waals surface area (Å²) in [6.07, 6.45) is 0. The fourth-order valence-corrected chi connectivity index (χ4v) is 7.51. The lowest BCUT2D eigenvalue weighted by atomic mass is 10.1. The molecule has 0 aliphatic carbocycles. The van der Waals surface area contributed by atoms with Crippen LogP contribution in [0, 0.1) is 6.92 Å². The van der Waals surface area contributed by atoms with Gasteiger partial charge in [0.2, 0.25) is 0 Å². The molecule has 0 bridgehead atoms. The lowest BCUT2D eigenvalue weighted by molar-refractivity contribution is 0.537. The zero-order valence-electron chi connectivity index (χ0n) is 19.3. The first-order valence-electron chi connectivity index (χ1n) is 11.4. The minimum Gasteiger partial charge on any atom is -0.768 e. The molecule has 0 radical (unpaired) electrons. The van der Waals surface area contributed by atoms with E-state index in [-0.39, 0.29) is 0 Å². The van der Waals surface area contributed by atoms with E-state index < -0.39 is 19.0 Å². The number of hydrogen-bond donors (Lipinski definition) is 0. The van der Waals surface area contributed by atoms with Gasteiger partial charge in [0.1, 0.15) is 0 Å². The van der Waals surface area contributed by atoms with E-state index in [0.717, 1.165) is 43.7 Å². The van der Waals surface area contributed by atoms with E-state index in [1.807, 2.05) is 55.5 Å². The van der Waals surface area contributed by atoms with Crippen molar-refractivity contribution in [3.05, 3.63) is 133 Å². The largest absolute Gasteiger partial charge is 0.768 e. The number of hydrogen-bond acceptors (Lipinski definition) is 2. The fourth-order valence-electron chi connectivity index (χ4n) is 4.23. The molecule has 0 aromatic heterocycles. The van der Waals surface area contributed by atoms with Crippen LogP contribution in [0.15, 0.2) is 132 Å². The lowest BCUT2D eigenvalue weighted by Gasteiger charge is -2.24. The van der Waals surface area contributed by atoms with Gasteiger partial charge in [-0.15, -0.1) is 0 Å². The highest BCUT2D eigenvalue weighted by Crippen LogP contribution is 2.36.